The van der Waals surface area contributed by atoms with Crippen molar-refractivity contribution in [3.05, 3.63) is 83.8 Å². The van der Waals surface area contributed by atoms with Gasteiger partial charge in [-0.3, -0.25) is 9.78 Å². The molecule has 3 heterocycles. The van der Waals surface area contributed by atoms with Crippen LogP contribution in [0.15, 0.2) is 73.2 Å². The third-order valence-corrected chi connectivity index (χ3v) is 4.11. The maximum Gasteiger partial charge on any atom is 0.257 e. The van der Waals surface area contributed by atoms with Gasteiger partial charge in [0.25, 0.3) is 5.91 Å². The molecule has 0 aliphatic carbocycles. The predicted octanol–water partition coefficient (Wildman–Crippen LogP) is 4.60. The number of amides is 1. The summed E-state index contributed by atoms with van der Waals surface area (Å²) in [5.74, 6) is 0.205. The Hall–Kier alpha value is -3.31. The number of anilines is 1. The zero-order valence-corrected chi connectivity index (χ0v) is 14.3. The van der Waals surface area contributed by atoms with E-state index in [1.54, 1.807) is 55.0 Å². The van der Waals surface area contributed by atoms with Crippen molar-refractivity contribution in [1.29, 1.82) is 0 Å². The Morgan fingerprint density at radius 1 is 1.00 bits per heavy atom. The van der Waals surface area contributed by atoms with E-state index in [1.165, 1.54) is 0 Å². The summed E-state index contributed by atoms with van der Waals surface area (Å²) in [6.07, 6.45) is 5.03. The molecule has 0 aliphatic heterocycles. The molecule has 1 N–H and O–H groups in total. The minimum atomic E-state index is -0.275. The molecule has 0 bridgehead atoms. The van der Waals surface area contributed by atoms with Crippen LogP contribution in [-0.4, -0.2) is 20.9 Å². The largest absolute Gasteiger partial charge is 0.307 e. The first-order chi connectivity index (χ1) is 12.7. The summed E-state index contributed by atoms with van der Waals surface area (Å²) in [5, 5.41) is 4.03. The maximum atomic E-state index is 12.9. The van der Waals surface area contributed by atoms with Crippen LogP contribution in [0.4, 0.5) is 5.82 Å². The summed E-state index contributed by atoms with van der Waals surface area (Å²) in [6.45, 7) is 0. The third kappa shape index (κ3) is 3.25. The van der Waals surface area contributed by atoms with Crippen molar-refractivity contribution in [3.8, 4) is 11.3 Å². The molecular weight excluding hydrogens is 348 g/mol. The Morgan fingerprint density at radius 3 is 2.69 bits per heavy atom. The molecule has 1 aromatic carbocycles. The van der Waals surface area contributed by atoms with Crippen LogP contribution in [-0.2, 0) is 0 Å². The Balaban J connectivity index is 1.85. The van der Waals surface area contributed by atoms with Gasteiger partial charge in [-0.2, -0.15) is 0 Å². The molecule has 0 unspecified atom stereocenters. The fraction of sp³-hybridized carbons (Fsp3) is 0. The number of carbonyl (C=O) groups excluding carboxylic acids is 1. The molecule has 0 aliphatic rings. The molecular formula is C20H13ClN4O. The van der Waals surface area contributed by atoms with Crippen molar-refractivity contribution < 1.29 is 4.79 Å². The number of nitrogens with one attached hydrogen (secondary N) is 1. The number of carbonyl (C=O) groups is 1. The molecule has 0 fully saturated rings. The quantitative estimate of drug-likeness (QED) is 0.580. The van der Waals surface area contributed by atoms with Crippen molar-refractivity contribution in [3.63, 3.8) is 0 Å². The fourth-order valence-corrected chi connectivity index (χ4v) is 2.84. The van der Waals surface area contributed by atoms with Gasteiger partial charge in [-0.15, -0.1) is 0 Å². The molecule has 0 spiro atoms. The van der Waals surface area contributed by atoms with Gasteiger partial charge in [0.1, 0.15) is 5.82 Å². The molecule has 4 rings (SSSR count). The monoisotopic (exact) mass is 360 g/mol. The van der Waals surface area contributed by atoms with Crippen molar-refractivity contribution in [1.82, 2.24) is 15.0 Å². The normalized spacial score (nSPS) is 10.7. The van der Waals surface area contributed by atoms with Crippen LogP contribution in [0.5, 0.6) is 0 Å². The second-order valence-corrected chi connectivity index (χ2v) is 6.06. The molecule has 26 heavy (non-hydrogen) atoms. The smallest absolute Gasteiger partial charge is 0.257 e. The number of halogens is 1. The SMILES string of the molecule is O=C(Nc1ccccn1)c1cc(-c2cccnc2)nc2ccc(Cl)cc12. The van der Waals surface area contributed by atoms with Crippen molar-refractivity contribution >= 4 is 34.2 Å². The number of pyridine rings is 3. The molecule has 6 heteroatoms. The molecule has 4 aromatic rings. The lowest BCUT2D eigenvalue weighted by Gasteiger charge is -2.10. The standard InChI is InChI=1S/C20H13ClN4O/c21-14-6-7-17-15(10-14)16(20(26)25-19-5-1-2-9-23-19)11-18(24-17)13-4-3-8-22-12-13/h1-12H,(H,23,25,26). The molecule has 0 radical (unpaired) electrons. The van der Waals surface area contributed by atoms with E-state index in [0.717, 1.165) is 5.56 Å². The number of fused-ring (bicyclic) bond motifs is 1. The first-order valence-electron chi connectivity index (χ1n) is 7.94. The van der Waals surface area contributed by atoms with Crippen LogP contribution in [0.1, 0.15) is 10.4 Å². The van der Waals surface area contributed by atoms with E-state index in [0.29, 0.717) is 33.0 Å². The van der Waals surface area contributed by atoms with E-state index >= 15 is 0 Å². The Kier molecular flexibility index (Phi) is 4.29. The van der Waals surface area contributed by atoms with Gasteiger partial charge in [-0.05, 0) is 48.5 Å². The van der Waals surface area contributed by atoms with Crippen LogP contribution in [0.25, 0.3) is 22.2 Å². The molecule has 1 amide bonds. The Labute approximate surface area is 154 Å². The summed E-state index contributed by atoms with van der Waals surface area (Å²) in [6, 6.07) is 16.1. The molecule has 126 valence electrons. The molecule has 3 aromatic heterocycles. The van der Waals surface area contributed by atoms with E-state index in [-0.39, 0.29) is 5.91 Å². The van der Waals surface area contributed by atoms with Gasteiger partial charge >= 0.3 is 0 Å². The van der Waals surface area contributed by atoms with E-state index in [1.807, 2.05) is 18.2 Å². The van der Waals surface area contributed by atoms with E-state index in [2.05, 4.69) is 20.3 Å². The second-order valence-electron chi connectivity index (χ2n) is 5.63. The lowest BCUT2D eigenvalue weighted by atomic mass is 10.0. The van der Waals surface area contributed by atoms with E-state index in [4.69, 9.17) is 11.6 Å². The zero-order valence-electron chi connectivity index (χ0n) is 13.6. The van der Waals surface area contributed by atoms with E-state index < -0.39 is 0 Å². The lowest BCUT2D eigenvalue weighted by molar-refractivity contribution is 0.102. The van der Waals surface area contributed by atoms with Crippen LogP contribution < -0.4 is 5.32 Å². The van der Waals surface area contributed by atoms with Gasteiger partial charge in [0.15, 0.2) is 0 Å². The van der Waals surface area contributed by atoms with Gasteiger partial charge in [-0.1, -0.05) is 17.7 Å². The van der Waals surface area contributed by atoms with E-state index in [9.17, 15) is 4.79 Å². The van der Waals surface area contributed by atoms with Gasteiger partial charge in [-0.25, -0.2) is 9.97 Å². The maximum absolute atomic E-state index is 12.9. The Bertz CT molecular complexity index is 1080. The van der Waals surface area contributed by atoms with Crippen LogP contribution in [0.2, 0.25) is 5.02 Å². The number of nitrogens with zero attached hydrogens (tertiary/aromatic N) is 3. The highest BCUT2D eigenvalue weighted by Crippen LogP contribution is 2.27. The number of hydrogen-bond acceptors (Lipinski definition) is 4. The number of benzene rings is 1. The summed E-state index contributed by atoms with van der Waals surface area (Å²) >= 11 is 6.13. The predicted molar refractivity (Wildman–Crippen MR) is 102 cm³/mol. The molecule has 0 saturated carbocycles. The van der Waals surface area contributed by atoms with Gasteiger partial charge in [0.05, 0.1) is 16.8 Å². The minimum Gasteiger partial charge on any atom is -0.307 e. The Morgan fingerprint density at radius 2 is 1.92 bits per heavy atom. The topological polar surface area (TPSA) is 67.8 Å². The highest BCUT2D eigenvalue weighted by molar-refractivity contribution is 6.31. The first-order valence-corrected chi connectivity index (χ1v) is 8.31. The lowest BCUT2D eigenvalue weighted by Crippen LogP contribution is -2.14. The summed E-state index contributed by atoms with van der Waals surface area (Å²) in [7, 11) is 0. The number of rotatable bonds is 3. The van der Waals surface area contributed by atoms with Crippen molar-refractivity contribution in [2.45, 2.75) is 0 Å². The van der Waals surface area contributed by atoms with Gasteiger partial charge in [0, 0.05) is 34.6 Å². The minimum absolute atomic E-state index is 0.275. The third-order valence-electron chi connectivity index (χ3n) is 3.88. The summed E-state index contributed by atoms with van der Waals surface area (Å²) < 4.78 is 0. The number of aromatic nitrogens is 3. The molecule has 5 nitrogen and oxygen atoms in total. The van der Waals surface area contributed by atoms with Crippen LogP contribution in [0, 0.1) is 0 Å². The number of hydrogen-bond donors (Lipinski definition) is 1. The summed E-state index contributed by atoms with van der Waals surface area (Å²) in [5.41, 5.74) is 2.65. The average Bonchev–Trinajstić information content (AvgIpc) is 2.68. The van der Waals surface area contributed by atoms with Crippen molar-refractivity contribution in [2.24, 2.45) is 0 Å². The zero-order chi connectivity index (χ0) is 17.9. The first kappa shape index (κ1) is 16.2. The van der Waals surface area contributed by atoms with Gasteiger partial charge in [0.2, 0.25) is 0 Å². The van der Waals surface area contributed by atoms with Gasteiger partial charge < -0.3 is 5.32 Å². The molecule has 0 saturated heterocycles. The molecule has 0 atom stereocenters. The highest BCUT2D eigenvalue weighted by Gasteiger charge is 2.15. The average molecular weight is 361 g/mol. The van der Waals surface area contributed by atoms with Crippen LogP contribution >= 0.6 is 11.6 Å². The second kappa shape index (κ2) is 6.90. The van der Waals surface area contributed by atoms with Crippen molar-refractivity contribution in [2.75, 3.05) is 5.32 Å². The summed E-state index contributed by atoms with van der Waals surface area (Å²) in [4.78, 5) is 25.8. The van der Waals surface area contributed by atoms with Crippen LogP contribution in [0.3, 0.4) is 0 Å². The highest BCUT2D eigenvalue weighted by atomic mass is 35.5. The fourth-order valence-electron chi connectivity index (χ4n) is 2.67.